The molecule has 0 spiro atoms. The van der Waals surface area contributed by atoms with Gasteiger partial charge in [0.05, 0.1) is 0 Å². The molecule has 1 atom stereocenters. The summed E-state index contributed by atoms with van der Waals surface area (Å²) in [5.74, 6) is 0. The number of nitrogens with one attached hydrogen (secondary N) is 1. The van der Waals surface area contributed by atoms with Crippen molar-refractivity contribution in [2.45, 2.75) is 38.6 Å². The Bertz CT molecular complexity index is 150. The van der Waals surface area contributed by atoms with Gasteiger partial charge in [0.15, 0.2) is 0 Å². The van der Waals surface area contributed by atoms with Crippen LogP contribution < -0.4 is 5.32 Å². The largest absolute Gasteiger partial charge is 0.313 e. The summed E-state index contributed by atoms with van der Waals surface area (Å²) >= 11 is 0. The van der Waals surface area contributed by atoms with Crippen LogP contribution in [0.2, 0.25) is 0 Å². The van der Waals surface area contributed by atoms with Crippen LogP contribution in [0.1, 0.15) is 32.6 Å². The van der Waals surface area contributed by atoms with Crippen LogP contribution in [-0.4, -0.2) is 37.1 Å². The molecule has 2 heteroatoms. The van der Waals surface area contributed by atoms with Gasteiger partial charge in [-0.05, 0) is 45.7 Å². The predicted molar refractivity (Wildman–Crippen MR) is 62.6 cm³/mol. The van der Waals surface area contributed by atoms with E-state index in [2.05, 4.69) is 23.7 Å². The molecule has 0 aromatic heterocycles. The van der Waals surface area contributed by atoms with Crippen molar-refractivity contribution in [3.05, 3.63) is 12.7 Å². The molecule has 0 aliphatic carbocycles. The molecular weight excluding hydrogens is 172 g/mol. The molecule has 0 amide bonds. The number of likely N-dealkylation sites (tertiary alicyclic amines) is 1. The fourth-order valence-corrected chi connectivity index (χ4v) is 1.95. The SMILES string of the molecule is C=CCCC(C)NCCN1CCCC1. The zero-order valence-corrected chi connectivity index (χ0v) is 9.47. The molecule has 1 unspecified atom stereocenters. The van der Waals surface area contributed by atoms with Crippen LogP contribution in [0.15, 0.2) is 12.7 Å². The number of hydrogen-bond donors (Lipinski definition) is 1. The van der Waals surface area contributed by atoms with E-state index in [0.717, 1.165) is 13.0 Å². The van der Waals surface area contributed by atoms with E-state index in [0.29, 0.717) is 6.04 Å². The number of allylic oxidation sites excluding steroid dienone is 1. The second-order valence-corrected chi connectivity index (χ2v) is 4.27. The lowest BCUT2D eigenvalue weighted by molar-refractivity contribution is 0.327. The molecule has 1 N–H and O–H groups in total. The third-order valence-corrected chi connectivity index (χ3v) is 2.92. The summed E-state index contributed by atoms with van der Waals surface area (Å²) in [5.41, 5.74) is 0. The lowest BCUT2D eigenvalue weighted by Gasteiger charge is -2.17. The van der Waals surface area contributed by atoms with Crippen LogP contribution in [0, 0.1) is 0 Å². The fourth-order valence-electron chi connectivity index (χ4n) is 1.95. The molecule has 0 radical (unpaired) electrons. The Kier molecular flexibility index (Phi) is 5.88. The van der Waals surface area contributed by atoms with E-state index >= 15 is 0 Å². The van der Waals surface area contributed by atoms with E-state index in [-0.39, 0.29) is 0 Å². The predicted octanol–water partition coefficient (Wildman–Crippen LogP) is 2.03. The van der Waals surface area contributed by atoms with Gasteiger partial charge in [-0.25, -0.2) is 0 Å². The van der Waals surface area contributed by atoms with Gasteiger partial charge in [-0.1, -0.05) is 6.08 Å². The number of nitrogens with zero attached hydrogens (tertiary/aromatic N) is 1. The van der Waals surface area contributed by atoms with Gasteiger partial charge >= 0.3 is 0 Å². The summed E-state index contributed by atoms with van der Waals surface area (Å²) in [5, 5.41) is 3.55. The van der Waals surface area contributed by atoms with Gasteiger partial charge in [0.1, 0.15) is 0 Å². The van der Waals surface area contributed by atoms with E-state index in [9.17, 15) is 0 Å². The van der Waals surface area contributed by atoms with Crippen molar-refractivity contribution in [2.24, 2.45) is 0 Å². The molecular formula is C12H24N2. The first-order valence-corrected chi connectivity index (χ1v) is 5.89. The highest BCUT2D eigenvalue weighted by Gasteiger charge is 2.10. The highest BCUT2D eigenvalue weighted by molar-refractivity contribution is 4.72. The van der Waals surface area contributed by atoms with Crippen molar-refractivity contribution in [1.29, 1.82) is 0 Å². The van der Waals surface area contributed by atoms with Crippen molar-refractivity contribution in [3.8, 4) is 0 Å². The van der Waals surface area contributed by atoms with E-state index in [1.54, 1.807) is 0 Å². The first kappa shape index (κ1) is 11.7. The Hall–Kier alpha value is -0.340. The molecule has 0 aromatic rings. The molecule has 1 heterocycles. The lowest BCUT2D eigenvalue weighted by Crippen LogP contribution is -2.34. The zero-order chi connectivity index (χ0) is 10.2. The van der Waals surface area contributed by atoms with Crippen LogP contribution in [0.3, 0.4) is 0 Å². The van der Waals surface area contributed by atoms with Crippen molar-refractivity contribution in [1.82, 2.24) is 10.2 Å². The molecule has 1 aliphatic rings. The summed E-state index contributed by atoms with van der Waals surface area (Å²) in [4.78, 5) is 2.55. The Labute approximate surface area is 88.4 Å². The Morgan fingerprint density at radius 1 is 1.43 bits per heavy atom. The third kappa shape index (κ3) is 4.77. The summed E-state index contributed by atoms with van der Waals surface area (Å²) in [6.07, 6.45) is 7.12. The third-order valence-electron chi connectivity index (χ3n) is 2.92. The monoisotopic (exact) mass is 196 g/mol. The van der Waals surface area contributed by atoms with Crippen LogP contribution in [0.25, 0.3) is 0 Å². The van der Waals surface area contributed by atoms with E-state index in [4.69, 9.17) is 0 Å². The summed E-state index contributed by atoms with van der Waals surface area (Å²) < 4.78 is 0. The summed E-state index contributed by atoms with van der Waals surface area (Å²) in [7, 11) is 0. The summed E-state index contributed by atoms with van der Waals surface area (Å²) in [6.45, 7) is 11.0. The Morgan fingerprint density at radius 3 is 2.79 bits per heavy atom. The van der Waals surface area contributed by atoms with Gasteiger partial charge in [0.2, 0.25) is 0 Å². The molecule has 1 fully saturated rings. The Morgan fingerprint density at radius 2 is 2.14 bits per heavy atom. The van der Waals surface area contributed by atoms with Gasteiger partial charge in [-0.3, -0.25) is 0 Å². The van der Waals surface area contributed by atoms with Gasteiger partial charge in [-0.15, -0.1) is 6.58 Å². The minimum atomic E-state index is 0.635. The first-order valence-electron chi connectivity index (χ1n) is 5.89. The molecule has 0 saturated carbocycles. The highest BCUT2D eigenvalue weighted by Crippen LogP contribution is 2.05. The van der Waals surface area contributed by atoms with Gasteiger partial charge in [0.25, 0.3) is 0 Å². The number of rotatable bonds is 7. The van der Waals surface area contributed by atoms with Gasteiger partial charge in [-0.2, -0.15) is 0 Å². The number of hydrogen-bond acceptors (Lipinski definition) is 2. The van der Waals surface area contributed by atoms with E-state index < -0.39 is 0 Å². The summed E-state index contributed by atoms with van der Waals surface area (Å²) in [6, 6.07) is 0.635. The molecule has 0 aromatic carbocycles. The smallest absolute Gasteiger partial charge is 0.0107 e. The molecule has 1 rings (SSSR count). The molecule has 2 nitrogen and oxygen atoms in total. The van der Waals surface area contributed by atoms with Gasteiger partial charge in [0, 0.05) is 19.1 Å². The molecule has 14 heavy (non-hydrogen) atoms. The normalized spacial score (nSPS) is 19.8. The van der Waals surface area contributed by atoms with E-state index in [1.807, 2.05) is 6.08 Å². The molecule has 1 saturated heterocycles. The van der Waals surface area contributed by atoms with Crippen LogP contribution >= 0.6 is 0 Å². The maximum atomic E-state index is 3.74. The molecule has 82 valence electrons. The standard InChI is InChI=1S/C12H24N2/c1-3-4-7-12(2)13-8-11-14-9-5-6-10-14/h3,12-13H,1,4-11H2,2H3. The maximum Gasteiger partial charge on any atom is 0.0107 e. The second kappa shape index (κ2) is 7.02. The fraction of sp³-hybridized carbons (Fsp3) is 0.833. The van der Waals surface area contributed by atoms with Crippen molar-refractivity contribution < 1.29 is 0 Å². The van der Waals surface area contributed by atoms with Crippen LogP contribution in [-0.2, 0) is 0 Å². The first-order chi connectivity index (χ1) is 6.83. The molecule has 0 bridgehead atoms. The quantitative estimate of drug-likeness (QED) is 0.627. The second-order valence-electron chi connectivity index (χ2n) is 4.27. The minimum absolute atomic E-state index is 0.635. The van der Waals surface area contributed by atoms with Crippen LogP contribution in [0.5, 0.6) is 0 Å². The topological polar surface area (TPSA) is 15.3 Å². The highest BCUT2D eigenvalue weighted by atomic mass is 15.1. The van der Waals surface area contributed by atoms with E-state index in [1.165, 1.54) is 38.9 Å². The Balaban J connectivity index is 1.93. The van der Waals surface area contributed by atoms with Crippen molar-refractivity contribution >= 4 is 0 Å². The van der Waals surface area contributed by atoms with Gasteiger partial charge < -0.3 is 10.2 Å². The van der Waals surface area contributed by atoms with Crippen molar-refractivity contribution in [2.75, 3.05) is 26.2 Å². The lowest BCUT2D eigenvalue weighted by atomic mass is 10.2. The average Bonchev–Trinajstić information content (AvgIpc) is 2.67. The average molecular weight is 196 g/mol. The minimum Gasteiger partial charge on any atom is -0.313 e. The zero-order valence-electron chi connectivity index (χ0n) is 9.47. The maximum absolute atomic E-state index is 3.74. The van der Waals surface area contributed by atoms with Crippen molar-refractivity contribution in [3.63, 3.8) is 0 Å². The van der Waals surface area contributed by atoms with Crippen LogP contribution in [0.4, 0.5) is 0 Å². The molecule has 1 aliphatic heterocycles.